The summed E-state index contributed by atoms with van der Waals surface area (Å²) in [7, 11) is 0. The summed E-state index contributed by atoms with van der Waals surface area (Å²) in [5.41, 5.74) is 4.59. The van der Waals surface area contributed by atoms with Gasteiger partial charge in [-0.3, -0.25) is 4.79 Å². The minimum atomic E-state index is -0.111. The number of anilines is 3. The van der Waals surface area contributed by atoms with Crippen molar-refractivity contribution in [2.75, 3.05) is 60.3 Å². The number of amides is 1. The maximum absolute atomic E-state index is 12.4. The molecule has 1 amide bonds. The second kappa shape index (κ2) is 10.4. The Hall–Kier alpha value is -3.46. The highest BCUT2D eigenvalue weighted by atomic mass is 32.2. The van der Waals surface area contributed by atoms with Crippen LogP contribution in [0.1, 0.15) is 11.1 Å². The molecule has 182 valence electrons. The van der Waals surface area contributed by atoms with Gasteiger partial charge >= 0.3 is 0 Å². The zero-order valence-corrected chi connectivity index (χ0v) is 20.8. The van der Waals surface area contributed by atoms with E-state index in [0.29, 0.717) is 30.4 Å². The van der Waals surface area contributed by atoms with Crippen LogP contribution in [0.25, 0.3) is 0 Å². The molecule has 35 heavy (non-hydrogen) atoms. The van der Waals surface area contributed by atoms with Crippen LogP contribution in [0.15, 0.2) is 53.6 Å². The van der Waals surface area contributed by atoms with Gasteiger partial charge < -0.3 is 24.6 Å². The lowest BCUT2D eigenvalue weighted by atomic mass is 10.1. The molecule has 0 unspecified atom stereocenters. The molecule has 1 aromatic heterocycles. The summed E-state index contributed by atoms with van der Waals surface area (Å²) in [6.07, 6.45) is 0. The van der Waals surface area contributed by atoms with E-state index in [1.54, 1.807) is 6.07 Å². The number of ether oxygens (including phenoxy) is 2. The third kappa shape index (κ3) is 5.62. The molecule has 1 saturated heterocycles. The fraction of sp³-hybridized carbons (Fsp3) is 0.346. The number of benzene rings is 2. The lowest BCUT2D eigenvalue weighted by molar-refractivity contribution is -0.113. The topological polar surface area (TPSA) is 79.8 Å². The average Bonchev–Trinajstić information content (AvgIpc) is 2.89. The minimum Gasteiger partial charge on any atom is -0.486 e. The van der Waals surface area contributed by atoms with Crippen LogP contribution in [0.5, 0.6) is 11.5 Å². The summed E-state index contributed by atoms with van der Waals surface area (Å²) in [6.45, 7) is 9.04. The van der Waals surface area contributed by atoms with E-state index in [1.807, 2.05) is 24.3 Å². The van der Waals surface area contributed by atoms with Crippen LogP contribution in [-0.2, 0) is 4.79 Å². The molecule has 9 heteroatoms. The standard InChI is InChI=1S/C26H29N5O3S/c1-18-3-4-19(2)21(15-18)30-9-11-31(12-10-30)24-7-8-26(29-28-24)35-17-25(32)27-20-5-6-22-23(16-20)34-14-13-33-22/h3-8,15-16H,9-14,17H2,1-2H3,(H,27,32). The second-order valence-electron chi connectivity index (χ2n) is 8.69. The fourth-order valence-corrected chi connectivity index (χ4v) is 4.87. The van der Waals surface area contributed by atoms with Crippen molar-refractivity contribution in [2.24, 2.45) is 0 Å². The van der Waals surface area contributed by atoms with Crippen molar-refractivity contribution in [2.45, 2.75) is 18.9 Å². The quantitative estimate of drug-likeness (QED) is 0.520. The van der Waals surface area contributed by atoms with Gasteiger partial charge in [0, 0.05) is 43.6 Å². The van der Waals surface area contributed by atoms with Gasteiger partial charge in [-0.1, -0.05) is 23.9 Å². The molecule has 0 radical (unpaired) electrons. The Morgan fingerprint density at radius 3 is 2.46 bits per heavy atom. The fourth-order valence-electron chi connectivity index (χ4n) is 4.25. The summed E-state index contributed by atoms with van der Waals surface area (Å²) in [5.74, 6) is 2.36. The van der Waals surface area contributed by atoms with Gasteiger partial charge in [0.2, 0.25) is 5.91 Å². The van der Waals surface area contributed by atoms with Gasteiger partial charge in [-0.15, -0.1) is 10.2 Å². The van der Waals surface area contributed by atoms with E-state index in [9.17, 15) is 4.79 Å². The maximum atomic E-state index is 12.4. The molecule has 2 aromatic carbocycles. The van der Waals surface area contributed by atoms with Crippen molar-refractivity contribution < 1.29 is 14.3 Å². The SMILES string of the molecule is Cc1ccc(C)c(N2CCN(c3ccc(SCC(=O)Nc4ccc5c(c4)OCCO5)nn3)CC2)c1. The van der Waals surface area contributed by atoms with Gasteiger partial charge in [0.25, 0.3) is 0 Å². The Bertz CT molecular complexity index is 1200. The number of rotatable bonds is 6. The predicted molar refractivity (Wildman–Crippen MR) is 139 cm³/mol. The number of carbonyl (C=O) groups excluding carboxylic acids is 1. The van der Waals surface area contributed by atoms with Crippen molar-refractivity contribution in [3.05, 3.63) is 59.7 Å². The smallest absolute Gasteiger partial charge is 0.234 e. The molecule has 0 bridgehead atoms. The highest BCUT2D eigenvalue weighted by Gasteiger charge is 2.20. The number of aromatic nitrogens is 2. The van der Waals surface area contributed by atoms with E-state index >= 15 is 0 Å². The number of thioether (sulfide) groups is 1. The summed E-state index contributed by atoms with van der Waals surface area (Å²) in [4.78, 5) is 17.1. The lowest BCUT2D eigenvalue weighted by Crippen LogP contribution is -2.47. The molecule has 0 saturated carbocycles. The first-order valence-electron chi connectivity index (χ1n) is 11.8. The van der Waals surface area contributed by atoms with Gasteiger partial charge in [-0.2, -0.15) is 0 Å². The van der Waals surface area contributed by atoms with Crippen molar-refractivity contribution in [3.8, 4) is 11.5 Å². The molecule has 1 fully saturated rings. The number of fused-ring (bicyclic) bond motifs is 1. The molecule has 5 rings (SSSR count). The summed E-state index contributed by atoms with van der Waals surface area (Å²) >= 11 is 1.36. The van der Waals surface area contributed by atoms with E-state index in [2.05, 4.69) is 57.4 Å². The number of piperazine rings is 1. The molecule has 0 aliphatic carbocycles. The molecular weight excluding hydrogens is 462 g/mol. The van der Waals surface area contributed by atoms with Crippen LogP contribution in [0.2, 0.25) is 0 Å². The highest BCUT2D eigenvalue weighted by Crippen LogP contribution is 2.32. The average molecular weight is 492 g/mol. The Balaban J connectivity index is 1.11. The van der Waals surface area contributed by atoms with Gasteiger partial charge in [0.05, 0.1) is 5.75 Å². The monoisotopic (exact) mass is 491 g/mol. The molecule has 0 atom stereocenters. The molecular formula is C26H29N5O3S. The van der Waals surface area contributed by atoms with Gasteiger partial charge in [0.1, 0.15) is 18.2 Å². The molecule has 2 aliphatic heterocycles. The number of hydrogen-bond acceptors (Lipinski definition) is 8. The van der Waals surface area contributed by atoms with Crippen LogP contribution in [-0.4, -0.2) is 61.3 Å². The third-order valence-corrected chi connectivity index (χ3v) is 7.03. The van der Waals surface area contributed by atoms with Gasteiger partial charge in [0.15, 0.2) is 17.3 Å². The van der Waals surface area contributed by atoms with Crippen LogP contribution >= 0.6 is 11.8 Å². The largest absolute Gasteiger partial charge is 0.486 e. The molecule has 3 heterocycles. The van der Waals surface area contributed by atoms with Crippen LogP contribution < -0.4 is 24.6 Å². The Kier molecular flexibility index (Phi) is 6.94. The minimum absolute atomic E-state index is 0.111. The van der Waals surface area contributed by atoms with E-state index in [-0.39, 0.29) is 11.7 Å². The summed E-state index contributed by atoms with van der Waals surface area (Å²) in [6, 6.07) is 15.9. The molecule has 3 aromatic rings. The van der Waals surface area contributed by atoms with E-state index in [1.165, 1.54) is 28.6 Å². The zero-order chi connectivity index (χ0) is 24.2. The lowest BCUT2D eigenvalue weighted by Gasteiger charge is -2.37. The summed E-state index contributed by atoms with van der Waals surface area (Å²) < 4.78 is 11.1. The Morgan fingerprint density at radius 1 is 0.914 bits per heavy atom. The van der Waals surface area contributed by atoms with E-state index in [4.69, 9.17) is 9.47 Å². The van der Waals surface area contributed by atoms with Crippen molar-refractivity contribution in [1.82, 2.24) is 10.2 Å². The normalized spacial score (nSPS) is 15.1. The van der Waals surface area contributed by atoms with Crippen molar-refractivity contribution in [3.63, 3.8) is 0 Å². The van der Waals surface area contributed by atoms with Crippen molar-refractivity contribution >= 4 is 34.9 Å². The number of nitrogens with one attached hydrogen (secondary N) is 1. The van der Waals surface area contributed by atoms with Gasteiger partial charge in [-0.25, -0.2) is 0 Å². The summed E-state index contributed by atoms with van der Waals surface area (Å²) in [5, 5.41) is 12.4. The zero-order valence-electron chi connectivity index (χ0n) is 20.0. The number of nitrogens with zero attached hydrogens (tertiary/aromatic N) is 4. The Labute approximate surface area is 209 Å². The third-order valence-electron chi connectivity index (χ3n) is 6.11. The Morgan fingerprint density at radius 2 is 1.69 bits per heavy atom. The van der Waals surface area contributed by atoms with E-state index in [0.717, 1.165) is 37.0 Å². The van der Waals surface area contributed by atoms with Crippen LogP contribution in [0, 0.1) is 13.8 Å². The first kappa shape index (κ1) is 23.3. The maximum Gasteiger partial charge on any atom is 0.234 e. The number of aryl methyl sites for hydroxylation is 2. The molecule has 8 nitrogen and oxygen atoms in total. The highest BCUT2D eigenvalue weighted by molar-refractivity contribution is 7.99. The molecule has 1 N–H and O–H groups in total. The van der Waals surface area contributed by atoms with Crippen molar-refractivity contribution in [1.29, 1.82) is 0 Å². The molecule has 2 aliphatic rings. The second-order valence-corrected chi connectivity index (χ2v) is 9.68. The van der Waals surface area contributed by atoms with E-state index < -0.39 is 0 Å². The predicted octanol–water partition coefficient (Wildman–Crippen LogP) is 3.92. The first-order valence-corrected chi connectivity index (χ1v) is 12.8. The van der Waals surface area contributed by atoms with Gasteiger partial charge in [-0.05, 0) is 55.3 Å². The first-order chi connectivity index (χ1) is 17.0. The van der Waals surface area contributed by atoms with Crippen LogP contribution in [0.4, 0.5) is 17.2 Å². The van der Waals surface area contributed by atoms with Crippen LogP contribution in [0.3, 0.4) is 0 Å². The number of carbonyl (C=O) groups is 1. The number of hydrogen-bond donors (Lipinski definition) is 1. The molecule has 0 spiro atoms.